The Kier molecular flexibility index (Phi) is 3.22. The molecule has 84 valence electrons. The number of anilines is 2. The summed E-state index contributed by atoms with van der Waals surface area (Å²) in [6, 6.07) is 7.75. The zero-order chi connectivity index (χ0) is 11.4. The molecule has 0 aliphatic rings. The molecule has 3 N–H and O–H groups in total. The molecule has 0 spiro atoms. The molecule has 0 saturated carbocycles. The molecule has 4 nitrogen and oxygen atoms in total. The third kappa shape index (κ3) is 2.06. The first-order valence-electron chi connectivity index (χ1n) is 5.19. The van der Waals surface area contributed by atoms with Gasteiger partial charge in [-0.25, -0.2) is 0 Å². The highest BCUT2D eigenvalue weighted by molar-refractivity contribution is 5.98. The van der Waals surface area contributed by atoms with Crippen LogP contribution in [0, 0.1) is 0 Å². The zero-order valence-electron chi connectivity index (χ0n) is 9.23. The molecule has 1 aromatic carbocycles. The van der Waals surface area contributed by atoms with Gasteiger partial charge in [0.2, 0.25) is 0 Å². The fourth-order valence-corrected chi connectivity index (χ4v) is 1.64. The molecule has 0 bridgehead atoms. The maximum atomic E-state index is 5.86. The Balaban J connectivity index is 2.35. The average molecular weight is 217 g/mol. The van der Waals surface area contributed by atoms with Gasteiger partial charge in [0.15, 0.2) is 0 Å². The van der Waals surface area contributed by atoms with Crippen molar-refractivity contribution in [2.24, 2.45) is 0 Å². The van der Waals surface area contributed by atoms with E-state index < -0.39 is 0 Å². The molecule has 1 heterocycles. The normalized spacial score (nSPS) is 10.6. The van der Waals surface area contributed by atoms with Crippen molar-refractivity contribution in [3.63, 3.8) is 0 Å². The van der Waals surface area contributed by atoms with Crippen LogP contribution in [0.5, 0.6) is 0 Å². The monoisotopic (exact) mass is 217 g/mol. The predicted molar refractivity (Wildman–Crippen MR) is 66.5 cm³/mol. The summed E-state index contributed by atoms with van der Waals surface area (Å²) in [5.41, 5.74) is 8.44. The minimum absolute atomic E-state index is 0.673. The van der Waals surface area contributed by atoms with Crippen LogP contribution in [-0.4, -0.2) is 25.2 Å². The van der Waals surface area contributed by atoms with Crippen LogP contribution in [0.25, 0.3) is 10.9 Å². The van der Waals surface area contributed by atoms with Crippen molar-refractivity contribution < 1.29 is 4.74 Å². The number of fused-ring (bicyclic) bond motifs is 1. The molecule has 2 rings (SSSR count). The van der Waals surface area contributed by atoms with E-state index in [9.17, 15) is 0 Å². The van der Waals surface area contributed by atoms with Crippen LogP contribution >= 0.6 is 0 Å². The van der Waals surface area contributed by atoms with E-state index in [-0.39, 0.29) is 0 Å². The van der Waals surface area contributed by atoms with Crippen LogP contribution in [0.4, 0.5) is 11.4 Å². The third-order valence-electron chi connectivity index (χ3n) is 2.42. The quantitative estimate of drug-likeness (QED) is 0.606. The molecular weight excluding hydrogens is 202 g/mol. The van der Waals surface area contributed by atoms with E-state index in [1.54, 1.807) is 13.3 Å². The smallest absolute Gasteiger partial charge is 0.0951 e. The number of nitrogen functional groups attached to an aromatic ring is 1. The van der Waals surface area contributed by atoms with Crippen molar-refractivity contribution in [1.29, 1.82) is 0 Å². The molecule has 1 aromatic heterocycles. The number of aromatic nitrogens is 1. The molecule has 0 radical (unpaired) electrons. The number of methoxy groups -OCH3 is 1. The molecule has 4 heteroatoms. The highest BCUT2D eigenvalue weighted by atomic mass is 16.5. The number of benzene rings is 1. The predicted octanol–water partition coefficient (Wildman–Crippen LogP) is 1.88. The summed E-state index contributed by atoms with van der Waals surface area (Å²) < 4.78 is 5.00. The number of hydrogen-bond acceptors (Lipinski definition) is 4. The van der Waals surface area contributed by atoms with Crippen LogP contribution < -0.4 is 11.1 Å². The second kappa shape index (κ2) is 4.81. The van der Waals surface area contributed by atoms with Crippen LogP contribution in [0.15, 0.2) is 30.5 Å². The molecule has 0 aliphatic carbocycles. The lowest BCUT2D eigenvalue weighted by molar-refractivity contribution is 0.211. The maximum absolute atomic E-state index is 5.86. The van der Waals surface area contributed by atoms with E-state index >= 15 is 0 Å². The van der Waals surface area contributed by atoms with Crippen LogP contribution in [0.1, 0.15) is 0 Å². The Bertz CT molecular complexity index is 485. The Labute approximate surface area is 94.4 Å². The van der Waals surface area contributed by atoms with Gasteiger partial charge in [0.25, 0.3) is 0 Å². The zero-order valence-corrected chi connectivity index (χ0v) is 9.23. The van der Waals surface area contributed by atoms with E-state index in [0.29, 0.717) is 12.3 Å². The number of hydrogen-bond donors (Lipinski definition) is 2. The van der Waals surface area contributed by atoms with Crippen molar-refractivity contribution in [2.75, 3.05) is 31.3 Å². The van der Waals surface area contributed by atoms with E-state index in [1.807, 2.05) is 24.3 Å². The number of pyridine rings is 1. The summed E-state index contributed by atoms with van der Waals surface area (Å²) in [5, 5.41) is 4.34. The standard InChI is InChI=1S/C12H15N3O/c1-16-8-7-14-11-5-4-10(13)12-9(11)3-2-6-15-12/h2-6,14H,7-8,13H2,1H3. The van der Waals surface area contributed by atoms with Crippen LogP contribution in [0.3, 0.4) is 0 Å². The fourth-order valence-electron chi connectivity index (χ4n) is 1.64. The van der Waals surface area contributed by atoms with Crippen molar-refractivity contribution in [3.8, 4) is 0 Å². The molecule has 0 atom stereocenters. The summed E-state index contributed by atoms with van der Waals surface area (Å²) in [6.07, 6.45) is 1.75. The van der Waals surface area contributed by atoms with Gasteiger partial charge in [-0.1, -0.05) is 0 Å². The van der Waals surface area contributed by atoms with E-state index in [0.717, 1.165) is 23.1 Å². The van der Waals surface area contributed by atoms with Crippen molar-refractivity contribution >= 4 is 22.3 Å². The van der Waals surface area contributed by atoms with Gasteiger partial charge in [0.1, 0.15) is 0 Å². The van der Waals surface area contributed by atoms with Gasteiger partial charge < -0.3 is 15.8 Å². The number of nitrogens with zero attached hydrogens (tertiary/aromatic N) is 1. The van der Waals surface area contributed by atoms with Crippen molar-refractivity contribution in [1.82, 2.24) is 4.98 Å². The fraction of sp³-hybridized carbons (Fsp3) is 0.250. The van der Waals surface area contributed by atoms with E-state index in [1.165, 1.54) is 0 Å². The lowest BCUT2D eigenvalue weighted by atomic mass is 10.1. The Morgan fingerprint density at radius 3 is 3.06 bits per heavy atom. The van der Waals surface area contributed by atoms with Gasteiger partial charge in [-0.2, -0.15) is 0 Å². The molecule has 0 aliphatic heterocycles. The number of nitrogens with one attached hydrogen (secondary N) is 1. The Morgan fingerprint density at radius 1 is 1.38 bits per heavy atom. The van der Waals surface area contributed by atoms with Gasteiger partial charge in [0, 0.05) is 30.9 Å². The summed E-state index contributed by atoms with van der Waals surface area (Å²) in [7, 11) is 1.68. The molecule has 0 fully saturated rings. The SMILES string of the molecule is COCCNc1ccc(N)c2ncccc12. The first-order chi connectivity index (χ1) is 7.83. The molecule has 0 saturated heterocycles. The molecule has 16 heavy (non-hydrogen) atoms. The van der Waals surface area contributed by atoms with Crippen molar-refractivity contribution in [3.05, 3.63) is 30.5 Å². The number of rotatable bonds is 4. The minimum atomic E-state index is 0.673. The molecular formula is C12H15N3O. The Hall–Kier alpha value is -1.81. The summed E-state index contributed by atoms with van der Waals surface area (Å²) in [4.78, 5) is 4.27. The van der Waals surface area contributed by atoms with Crippen LogP contribution in [0.2, 0.25) is 0 Å². The molecule has 2 aromatic rings. The first-order valence-corrected chi connectivity index (χ1v) is 5.19. The highest BCUT2D eigenvalue weighted by Gasteiger charge is 2.03. The second-order valence-electron chi connectivity index (χ2n) is 3.52. The van der Waals surface area contributed by atoms with Crippen molar-refractivity contribution in [2.45, 2.75) is 0 Å². The first kappa shape index (κ1) is 10.7. The maximum Gasteiger partial charge on any atom is 0.0951 e. The largest absolute Gasteiger partial charge is 0.397 e. The van der Waals surface area contributed by atoms with Gasteiger partial charge >= 0.3 is 0 Å². The lowest BCUT2D eigenvalue weighted by Gasteiger charge is -2.10. The molecule has 0 unspecified atom stereocenters. The van der Waals surface area contributed by atoms with E-state index in [4.69, 9.17) is 10.5 Å². The number of ether oxygens (including phenoxy) is 1. The lowest BCUT2D eigenvalue weighted by Crippen LogP contribution is -2.08. The summed E-state index contributed by atoms with van der Waals surface area (Å²) in [5.74, 6) is 0. The summed E-state index contributed by atoms with van der Waals surface area (Å²) in [6.45, 7) is 1.44. The average Bonchev–Trinajstić information content (AvgIpc) is 2.33. The van der Waals surface area contributed by atoms with Crippen LogP contribution in [-0.2, 0) is 4.74 Å². The van der Waals surface area contributed by atoms with Gasteiger partial charge in [-0.05, 0) is 24.3 Å². The number of nitrogens with two attached hydrogens (primary N) is 1. The second-order valence-corrected chi connectivity index (χ2v) is 3.52. The third-order valence-corrected chi connectivity index (χ3v) is 2.42. The van der Waals surface area contributed by atoms with Gasteiger partial charge in [0.05, 0.1) is 17.8 Å². The minimum Gasteiger partial charge on any atom is -0.397 e. The highest BCUT2D eigenvalue weighted by Crippen LogP contribution is 2.25. The van der Waals surface area contributed by atoms with Gasteiger partial charge in [-0.15, -0.1) is 0 Å². The summed E-state index contributed by atoms with van der Waals surface area (Å²) >= 11 is 0. The topological polar surface area (TPSA) is 60.2 Å². The van der Waals surface area contributed by atoms with E-state index in [2.05, 4.69) is 10.3 Å². The Morgan fingerprint density at radius 2 is 2.25 bits per heavy atom. The molecule has 0 amide bonds. The van der Waals surface area contributed by atoms with Gasteiger partial charge in [-0.3, -0.25) is 4.98 Å².